The highest BCUT2D eigenvalue weighted by molar-refractivity contribution is 5.37. The molecule has 1 aliphatic rings. The lowest BCUT2D eigenvalue weighted by molar-refractivity contribution is -0.141. The Morgan fingerprint density at radius 2 is 1.38 bits per heavy atom. The summed E-state index contributed by atoms with van der Waals surface area (Å²) in [6.07, 6.45) is 0.626. The van der Waals surface area contributed by atoms with Gasteiger partial charge >= 0.3 is 6.18 Å². The van der Waals surface area contributed by atoms with Gasteiger partial charge in [0.25, 0.3) is 0 Å². The second-order valence-electron chi connectivity index (χ2n) is 8.31. The van der Waals surface area contributed by atoms with Crippen LogP contribution in [-0.2, 0) is 19.3 Å². The van der Waals surface area contributed by atoms with Crippen molar-refractivity contribution < 1.29 is 13.2 Å². The molecule has 4 nitrogen and oxygen atoms in total. The fourth-order valence-corrected chi connectivity index (χ4v) is 4.54. The van der Waals surface area contributed by atoms with Crippen molar-refractivity contribution in [1.29, 1.82) is 0 Å². The molecule has 0 unspecified atom stereocenters. The lowest BCUT2D eigenvalue weighted by Crippen LogP contribution is -2.47. The summed E-state index contributed by atoms with van der Waals surface area (Å²) in [5.74, 6) is 0.467. The molecule has 0 N–H and O–H groups in total. The number of halogens is 3. The van der Waals surface area contributed by atoms with Gasteiger partial charge in [-0.2, -0.15) is 13.2 Å². The van der Waals surface area contributed by atoms with E-state index in [2.05, 4.69) is 39.1 Å². The van der Waals surface area contributed by atoms with E-state index in [9.17, 15) is 13.2 Å². The lowest BCUT2D eigenvalue weighted by atomic mass is 10.1. The Balaban J connectivity index is 1.57. The number of hydrogen-bond acceptors (Lipinski definition) is 4. The first-order chi connectivity index (χ1) is 15.4. The van der Waals surface area contributed by atoms with E-state index in [1.807, 2.05) is 48.3 Å². The van der Waals surface area contributed by atoms with Crippen LogP contribution in [-0.4, -0.2) is 34.0 Å². The van der Waals surface area contributed by atoms with E-state index in [4.69, 9.17) is 0 Å². The van der Waals surface area contributed by atoms with Crippen molar-refractivity contribution in [3.05, 3.63) is 89.9 Å². The van der Waals surface area contributed by atoms with Gasteiger partial charge in [-0.25, -0.2) is 9.97 Å². The van der Waals surface area contributed by atoms with E-state index in [0.29, 0.717) is 5.82 Å². The summed E-state index contributed by atoms with van der Waals surface area (Å²) in [6.45, 7) is 1.62. The van der Waals surface area contributed by atoms with Crippen LogP contribution in [0.1, 0.15) is 36.1 Å². The van der Waals surface area contributed by atoms with Gasteiger partial charge in [0.15, 0.2) is 5.69 Å². The standard InChI is InChI=1S/C25H27F3N4/c1-31(24-16-29-23(15-30-24)25(26,27)28)21-13-8-14-22(21)32(17-19-9-4-2-5-10-19)18-20-11-6-3-7-12-20/h2-7,9-12,15-16,21-22H,8,13-14,17-18H2,1H3/t21-,22-/m0/s1. The zero-order valence-electron chi connectivity index (χ0n) is 18.0. The lowest BCUT2D eigenvalue weighted by Gasteiger charge is -2.38. The van der Waals surface area contributed by atoms with E-state index in [-0.39, 0.29) is 12.1 Å². The van der Waals surface area contributed by atoms with Crippen LogP contribution in [0.25, 0.3) is 0 Å². The average Bonchev–Trinajstić information content (AvgIpc) is 3.29. The third-order valence-electron chi connectivity index (χ3n) is 6.16. The summed E-state index contributed by atoms with van der Waals surface area (Å²) in [5.41, 5.74) is 1.52. The number of benzene rings is 2. The van der Waals surface area contributed by atoms with E-state index in [1.165, 1.54) is 17.3 Å². The van der Waals surface area contributed by atoms with E-state index in [1.54, 1.807) is 0 Å². The molecule has 32 heavy (non-hydrogen) atoms. The molecule has 0 amide bonds. The molecule has 0 bridgehead atoms. The maximum absolute atomic E-state index is 12.9. The Morgan fingerprint density at radius 3 is 1.88 bits per heavy atom. The zero-order valence-corrected chi connectivity index (χ0v) is 18.0. The Labute approximate surface area is 186 Å². The molecule has 1 heterocycles. The molecular formula is C25H27F3N4. The Kier molecular flexibility index (Phi) is 6.74. The Bertz CT molecular complexity index is 936. The number of nitrogens with zero attached hydrogens (tertiary/aromatic N) is 4. The Morgan fingerprint density at radius 1 is 0.812 bits per heavy atom. The second-order valence-corrected chi connectivity index (χ2v) is 8.31. The SMILES string of the molecule is CN(c1cnc(C(F)(F)F)cn1)[C@H]1CCC[C@@H]1N(Cc1ccccc1)Cc1ccccc1. The van der Waals surface area contributed by atoms with E-state index >= 15 is 0 Å². The topological polar surface area (TPSA) is 32.3 Å². The van der Waals surface area contributed by atoms with Crippen LogP contribution in [0.2, 0.25) is 0 Å². The number of aromatic nitrogens is 2. The summed E-state index contributed by atoms with van der Waals surface area (Å²) < 4.78 is 38.6. The molecule has 7 heteroatoms. The van der Waals surface area contributed by atoms with Crippen molar-refractivity contribution in [3.63, 3.8) is 0 Å². The van der Waals surface area contributed by atoms with Crippen molar-refractivity contribution in [2.24, 2.45) is 0 Å². The smallest absolute Gasteiger partial charge is 0.354 e. The van der Waals surface area contributed by atoms with Crippen LogP contribution in [0.5, 0.6) is 0 Å². The summed E-state index contributed by atoms with van der Waals surface area (Å²) in [5, 5.41) is 0. The van der Waals surface area contributed by atoms with Gasteiger partial charge in [0.05, 0.1) is 12.4 Å². The first-order valence-corrected chi connectivity index (χ1v) is 10.9. The molecule has 1 aliphatic carbocycles. The number of hydrogen-bond donors (Lipinski definition) is 0. The van der Waals surface area contributed by atoms with Gasteiger partial charge in [0, 0.05) is 32.2 Å². The maximum atomic E-state index is 12.9. The highest BCUT2D eigenvalue weighted by Crippen LogP contribution is 2.33. The molecule has 2 atom stereocenters. The van der Waals surface area contributed by atoms with Crippen molar-refractivity contribution >= 4 is 5.82 Å². The van der Waals surface area contributed by atoms with E-state index < -0.39 is 11.9 Å². The predicted molar refractivity (Wildman–Crippen MR) is 119 cm³/mol. The Hall–Kier alpha value is -2.93. The van der Waals surface area contributed by atoms with Crippen molar-refractivity contribution in [2.45, 2.75) is 50.6 Å². The van der Waals surface area contributed by atoms with Crippen LogP contribution >= 0.6 is 0 Å². The normalized spacial score (nSPS) is 18.8. The third-order valence-corrected chi connectivity index (χ3v) is 6.16. The average molecular weight is 441 g/mol. The molecular weight excluding hydrogens is 413 g/mol. The number of alkyl halides is 3. The molecule has 3 aromatic rings. The van der Waals surface area contributed by atoms with Gasteiger partial charge in [-0.3, -0.25) is 4.90 Å². The molecule has 4 rings (SSSR count). The third kappa shape index (κ3) is 5.27. The summed E-state index contributed by atoms with van der Waals surface area (Å²) >= 11 is 0. The van der Waals surface area contributed by atoms with Gasteiger partial charge in [-0.1, -0.05) is 60.7 Å². The minimum absolute atomic E-state index is 0.147. The number of likely N-dealkylation sites (N-methyl/N-ethyl adjacent to an activating group) is 1. The summed E-state index contributed by atoms with van der Waals surface area (Å²) in [6, 6.07) is 21.1. The van der Waals surface area contributed by atoms with Gasteiger partial charge in [0.2, 0.25) is 0 Å². The predicted octanol–water partition coefficient (Wildman–Crippen LogP) is 5.56. The first kappa shape index (κ1) is 22.3. The maximum Gasteiger partial charge on any atom is 0.434 e. The molecule has 0 saturated heterocycles. The molecule has 0 aliphatic heterocycles. The molecule has 2 aromatic carbocycles. The molecule has 1 fully saturated rings. The van der Waals surface area contributed by atoms with Crippen LogP contribution < -0.4 is 4.90 Å². The summed E-state index contributed by atoms with van der Waals surface area (Å²) in [7, 11) is 1.91. The minimum atomic E-state index is -4.48. The highest BCUT2D eigenvalue weighted by atomic mass is 19.4. The van der Waals surface area contributed by atoms with Crippen LogP contribution in [0.4, 0.5) is 19.0 Å². The van der Waals surface area contributed by atoms with Crippen molar-refractivity contribution in [3.8, 4) is 0 Å². The van der Waals surface area contributed by atoms with Crippen LogP contribution in [0.3, 0.4) is 0 Å². The van der Waals surface area contributed by atoms with Crippen LogP contribution in [0.15, 0.2) is 73.1 Å². The van der Waals surface area contributed by atoms with Gasteiger partial charge in [-0.15, -0.1) is 0 Å². The van der Waals surface area contributed by atoms with Crippen molar-refractivity contribution in [2.75, 3.05) is 11.9 Å². The minimum Gasteiger partial charge on any atom is -0.354 e. The van der Waals surface area contributed by atoms with Gasteiger partial charge in [0.1, 0.15) is 5.82 Å². The quantitative estimate of drug-likeness (QED) is 0.482. The fourth-order valence-electron chi connectivity index (χ4n) is 4.54. The zero-order chi connectivity index (χ0) is 22.6. The highest BCUT2D eigenvalue weighted by Gasteiger charge is 2.36. The molecule has 0 radical (unpaired) electrons. The summed E-state index contributed by atoms with van der Waals surface area (Å²) in [4.78, 5) is 12.2. The molecule has 168 valence electrons. The van der Waals surface area contributed by atoms with Gasteiger partial charge < -0.3 is 4.90 Å². The molecule has 0 spiro atoms. The van der Waals surface area contributed by atoms with Gasteiger partial charge in [-0.05, 0) is 30.4 Å². The van der Waals surface area contributed by atoms with Crippen molar-refractivity contribution in [1.82, 2.24) is 14.9 Å². The second kappa shape index (κ2) is 9.69. The first-order valence-electron chi connectivity index (χ1n) is 10.9. The number of rotatable bonds is 7. The number of anilines is 1. The fraction of sp³-hybridized carbons (Fsp3) is 0.360. The largest absolute Gasteiger partial charge is 0.434 e. The van der Waals surface area contributed by atoms with E-state index in [0.717, 1.165) is 38.5 Å². The molecule has 1 aromatic heterocycles. The van der Waals surface area contributed by atoms with Crippen LogP contribution in [0, 0.1) is 0 Å². The monoisotopic (exact) mass is 440 g/mol. The molecule has 1 saturated carbocycles.